The van der Waals surface area contributed by atoms with Crippen molar-refractivity contribution in [1.82, 2.24) is 0 Å². The van der Waals surface area contributed by atoms with Gasteiger partial charge in [0.2, 0.25) is 0 Å². The van der Waals surface area contributed by atoms with Gasteiger partial charge in [-0.3, -0.25) is 0 Å². The number of nitrogens with one attached hydrogen (secondary N) is 1. The highest BCUT2D eigenvalue weighted by Gasteiger charge is 2.20. The van der Waals surface area contributed by atoms with Crippen molar-refractivity contribution in [2.75, 3.05) is 5.32 Å². The van der Waals surface area contributed by atoms with Gasteiger partial charge in [0.25, 0.3) is 0 Å². The summed E-state index contributed by atoms with van der Waals surface area (Å²) < 4.78 is 0. The van der Waals surface area contributed by atoms with Crippen molar-refractivity contribution >= 4 is 17.0 Å². The highest BCUT2D eigenvalue weighted by Crippen LogP contribution is 2.30. The molecule has 2 rings (SSSR count). The summed E-state index contributed by atoms with van der Waals surface area (Å²) in [5.74, 6) is 1.81. The molecule has 0 aliphatic heterocycles. The molecule has 1 heterocycles. The van der Waals surface area contributed by atoms with Crippen LogP contribution >= 0.6 is 11.3 Å². The molecule has 0 spiro atoms. The van der Waals surface area contributed by atoms with Crippen molar-refractivity contribution in [3.63, 3.8) is 0 Å². The zero-order chi connectivity index (χ0) is 11.4. The largest absolute Gasteiger partial charge is 0.382 e. The first kappa shape index (κ1) is 12.0. The Hall–Kier alpha value is -0.500. The van der Waals surface area contributed by atoms with Crippen molar-refractivity contribution in [3.8, 4) is 0 Å². The lowest BCUT2D eigenvalue weighted by Gasteiger charge is -2.19. The predicted molar refractivity (Wildman–Crippen MR) is 73.1 cm³/mol. The summed E-state index contributed by atoms with van der Waals surface area (Å²) in [4.78, 5) is 0. The lowest BCUT2D eigenvalue weighted by atomic mass is 9.89. The molecule has 1 aromatic rings. The molecule has 0 aromatic carbocycles. The van der Waals surface area contributed by atoms with Crippen LogP contribution < -0.4 is 5.32 Å². The van der Waals surface area contributed by atoms with Gasteiger partial charge >= 0.3 is 0 Å². The molecule has 1 aliphatic carbocycles. The van der Waals surface area contributed by atoms with Gasteiger partial charge < -0.3 is 5.32 Å². The quantitative estimate of drug-likeness (QED) is 0.747. The monoisotopic (exact) mass is 237 g/mol. The summed E-state index contributed by atoms with van der Waals surface area (Å²) >= 11 is 1.78. The molecule has 90 valence electrons. The van der Waals surface area contributed by atoms with Gasteiger partial charge in [-0.05, 0) is 42.5 Å². The molecule has 0 bridgehead atoms. The number of anilines is 1. The van der Waals surface area contributed by atoms with Gasteiger partial charge in [-0.15, -0.1) is 0 Å². The molecule has 0 radical (unpaired) electrons. The first-order chi connectivity index (χ1) is 7.75. The van der Waals surface area contributed by atoms with Crippen LogP contribution in [-0.2, 0) is 0 Å². The molecule has 1 aliphatic rings. The fourth-order valence-corrected chi connectivity index (χ4v) is 3.32. The third-order valence-corrected chi connectivity index (χ3v) is 4.53. The number of thiophene rings is 1. The molecule has 1 aromatic heterocycles. The maximum Gasteiger partial charge on any atom is 0.0450 e. The van der Waals surface area contributed by atoms with E-state index in [1.807, 2.05) is 0 Å². The summed E-state index contributed by atoms with van der Waals surface area (Å²) in [5, 5.41) is 8.03. The summed E-state index contributed by atoms with van der Waals surface area (Å²) in [7, 11) is 0. The van der Waals surface area contributed by atoms with Crippen LogP contribution in [0.25, 0.3) is 0 Å². The van der Waals surface area contributed by atoms with Gasteiger partial charge in [-0.2, -0.15) is 11.3 Å². The van der Waals surface area contributed by atoms with Crippen molar-refractivity contribution in [1.29, 1.82) is 0 Å². The summed E-state index contributed by atoms with van der Waals surface area (Å²) in [6.45, 7) is 4.74. The van der Waals surface area contributed by atoms with Crippen LogP contribution in [0, 0.1) is 11.8 Å². The maximum absolute atomic E-state index is 3.67. The van der Waals surface area contributed by atoms with Gasteiger partial charge in [0.15, 0.2) is 0 Å². The Morgan fingerprint density at radius 2 is 2.12 bits per heavy atom. The van der Waals surface area contributed by atoms with E-state index in [9.17, 15) is 0 Å². The zero-order valence-corrected chi connectivity index (χ0v) is 11.2. The van der Waals surface area contributed by atoms with Crippen LogP contribution in [0.1, 0.15) is 46.0 Å². The Balaban J connectivity index is 1.84. The highest BCUT2D eigenvalue weighted by molar-refractivity contribution is 7.08. The Morgan fingerprint density at radius 1 is 1.25 bits per heavy atom. The SMILES string of the molecule is CC(C)C1CCCC(Nc2ccsc2)CC1. The van der Waals surface area contributed by atoms with Gasteiger partial charge in [0.1, 0.15) is 0 Å². The molecule has 2 atom stereocenters. The number of rotatable bonds is 3. The van der Waals surface area contributed by atoms with E-state index in [1.54, 1.807) is 11.3 Å². The molecule has 1 nitrogen and oxygen atoms in total. The minimum absolute atomic E-state index is 0.707. The van der Waals surface area contributed by atoms with Crippen molar-refractivity contribution in [2.24, 2.45) is 11.8 Å². The molecule has 2 unspecified atom stereocenters. The standard InChI is InChI=1S/C14H23NS/c1-11(2)12-4-3-5-13(7-6-12)15-14-8-9-16-10-14/h8-13,15H,3-7H2,1-2H3. The third kappa shape index (κ3) is 3.24. The van der Waals surface area contributed by atoms with Crippen molar-refractivity contribution in [2.45, 2.75) is 52.0 Å². The Bertz CT molecular complexity index is 292. The molecule has 0 saturated heterocycles. The number of hydrogen-bond acceptors (Lipinski definition) is 2. The highest BCUT2D eigenvalue weighted by atomic mass is 32.1. The molecule has 2 heteroatoms. The average Bonchev–Trinajstić information content (AvgIpc) is 2.63. The smallest absolute Gasteiger partial charge is 0.0450 e. The first-order valence-electron chi connectivity index (χ1n) is 6.54. The molecule has 0 amide bonds. The van der Waals surface area contributed by atoms with Crippen LogP contribution in [-0.4, -0.2) is 6.04 Å². The van der Waals surface area contributed by atoms with Crippen LogP contribution in [0.5, 0.6) is 0 Å². The zero-order valence-electron chi connectivity index (χ0n) is 10.4. The van der Waals surface area contributed by atoms with E-state index in [1.165, 1.54) is 37.8 Å². The van der Waals surface area contributed by atoms with Crippen molar-refractivity contribution < 1.29 is 0 Å². The number of hydrogen-bond donors (Lipinski definition) is 1. The van der Waals surface area contributed by atoms with E-state index in [0.29, 0.717) is 6.04 Å². The van der Waals surface area contributed by atoms with E-state index in [-0.39, 0.29) is 0 Å². The van der Waals surface area contributed by atoms with E-state index < -0.39 is 0 Å². The predicted octanol–water partition coefficient (Wildman–Crippen LogP) is 4.76. The lowest BCUT2D eigenvalue weighted by Crippen LogP contribution is -2.18. The second-order valence-electron chi connectivity index (χ2n) is 5.37. The van der Waals surface area contributed by atoms with Gasteiger partial charge in [0.05, 0.1) is 0 Å². The Labute approximate surface area is 103 Å². The molecule has 1 N–H and O–H groups in total. The Kier molecular flexibility index (Phi) is 4.28. The summed E-state index contributed by atoms with van der Waals surface area (Å²) in [6.07, 6.45) is 6.92. The molecular formula is C14H23NS. The molecule has 1 fully saturated rings. The molecular weight excluding hydrogens is 214 g/mol. The summed E-state index contributed by atoms with van der Waals surface area (Å²) in [5.41, 5.74) is 1.32. The maximum atomic E-state index is 3.67. The van der Waals surface area contributed by atoms with Gasteiger partial charge in [-0.1, -0.05) is 26.7 Å². The van der Waals surface area contributed by atoms with Crippen LogP contribution in [0.15, 0.2) is 16.8 Å². The van der Waals surface area contributed by atoms with Gasteiger partial charge in [0, 0.05) is 17.1 Å². The average molecular weight is 237 g/mol. The topological polar surface area (TPSA) is 12.0 Å². The van der Waals surface area contributed by atoms with Crippen molar-refractivity contribution in [3.05, 3.63) is 16.8 Å². The van der Waals surface area contributed by atoms with E-state index in [0.717, 1.165) is 11.8 Å². The van der Waals surface area contributed by atoms with E-state index in [4.69, 9.17) is 0 Å². The van der Waals surface area contributed by atoms with Crippen LogP contribution in [0.3, 0.4) is 0 Å². The minimum Gasteiger partial charge on any atom is -0.382 e. The summed E-state index contributed by atoms with van der Waals surface area (Å²) in [6, 6.07) is 2.90. The fourth-order valence-electron chi connectivity index (χ4n) is 2.72. The third-order valence-electron chi connectivity index (χ3n) is 3.85. The first-order valence-corrected chi connectivity index (χ1v) is 7.48. The fraction of sp³-hybridized carbons (Fsp3) is 0.714. The van der Waals surface area contributed by atoms with Gasteiger partial charge in [-0.25, -0.2) is 0 Å². The van der Waals surface area contributed by atoms with E-state index in [2.05, 4.69) is 36.0 Å². The second-order valence-corrected chi connectivity index (χ2v) is 6.15. The molecule has 1 saturated carbocycles. The minimum atomic E-state index is 0.707. The van der Waals surface area contributed by atoms with Crippen LogP contribution in [0.2, 0.25) is 0 Å². The molecule has 16 heavy (non-hydrogen) atoms. The lowest BCUT2D eigenvalue weighted by molar-refractivity contribution is 0.341. The van der Waals surface area contributed by atoms with E-state index >= 15 is 0 Å². The second kappa shape index (κ2) is 5.72. The normalized spacial score (nSPS) is 26.7. The van der Waals surface area contributed by atoms with Crippen LogP contribution in [0.4, 0.5) is 5.69 Å². The Morgan fingerprint density at radius 3 is 2.81 bits per heavy atom.